The van der Waals surface area contributed by atoms with Crippen molar-refractivity contribution in [1.82, 2.24) is 4.90 Å². The fourth-order valence-electron chi connectivity index (χ4n) is 1.62. The van der Waals surface area contributed by atoms with Gasteiger partial charge in [-0.3, -0.25) is 4.90 Å². The van der Waals surface area contributed by atoms with Gasteiger partial charge in [0.1, 0.15) is 5.60 Å². The molecule has 0 N–H and O–H groups in total. The first-order chi connectivity index (χ1) is 9.15. The van der Waals surface area contributed by atoms with Crippen molar-refractivity contribution in [1.29, 1.82) is 0 Å². The third-order valence-corrected chi connectivity index (χ3v) is 4.35. The molecule has 0 aliphatic carbocycles. The molecule has 112 valence electrons. The fraction of sp³-hybridized carbons (Fsp3) is 0.533. The normalized spacial score (nSPS) is 12.1. The van der Waals surface area contributed by atoms with Crippen LogP contribution in [0.15, 0.2) is 29.5 Å². The second-order valence-electron chi connectivity index (χ2n) is 5.88. The minimum absolute atomic E-state index is 0.301. The standard InChI is InChI=1S/C15H23NO2S2/c1-7-20-15(5,6)16(11-12-9-8-10-19-12)13(17)18-14(2,3)4/h7-10H,1,11H2,2-6H3. The van der Waals surface area contributed by atoms with E-state index in [1.807, 2.05) is 52.1 Å². The summed E-state index contributed by atoms with van der Waals surface area (Å²) < 4.78 is 5.53. The predicted octanol–water partition coefficient (Wildman–Crippen LogP) is 5.10. The topological polar surface area (TPSA) is 29.5 Å². The number of thiophene rings is 1. The molecule has 0 bridgehead atoms. The van der Waals surface area contributed by atoms with Crippen LogP contribution in [0, 0.1) is 0 Å². The van der Waals surface area contributed by atoms with Crippen LogP contribution in [0.25, 0.3) is 0 Å². The number of ether oxygens (including phenoxy) is 1. The van der Waals surface area contributed by atoms with Crippen LogP contribution < -0.4 is 0 Å². The summed E-state index contributed by atoms with van der Waals surface area (Å²) >= 11 is 3.15. The van der Waals surface area contributed by atoms with Crippen molar-refractivity contribution >= 4 is 29.2 Å². The molecule has 0 saturated heterocycles. The van der Waals surface area contributed by atoms with Crippen molar-refractivity contribution < 1.29 is 9.53 Å². The third kappa shape index (κ3) is 5.21. The van der Waals surface area contributed by atoms with Gasteiger partial charge in [0.15, 0.2) is 0 Å². The molecular weight excluding hydrogens is 290 g/mol. The maximum absolute atomic E-state index is 12.5. The number of amides is 1. The Labute approximate surface area is 130 Å². The quantitative estimate of drug-likeness (QED) is 0.708. The van der Waals surface area contributed by atoms with Crippen LogP contribution in [0.2, 0.25) is 0 Å². The maximum Gasteiger partial charge on any atom is 0.411 e. The van der Waals surface area contributed by atoms with Gasteiger partial charge in [0.2, 0.25) is 0 Å². The Kier molecular flexibility index (Phi) is 5.71. The van der Waals surface area contributed by atoms with E-state index in [-0.39, 0.29) is 6.09 Å². The number of nitrogens with zero attached hydrogens (tertiary/aromatic N) is 1. The second-order valence-corrected chi connectivity index (χ2v) is 8.48. The average molecular weight is 313 g/mol. The molecule has 5 heteroatoms. The lowest BCUT2D eigenvalue weighted by Gasteiger charge is -2.37. The SMILES string of the molecule is C=CSC(C)(C)N(Cc1cccs1)C(=O)OC(C)(C)C. The zero-order valence-electron chi connectivity index (χ0n) is 12.8. The van der Waals surface area contributed by atoms with Crippen LogP contribution in [0.4, 0.5) is 4.79 Å². The monoisotopic (exact) mass is 313 g/mol. The highest BCUT2D eigenvalue weighted by molar-refractivity contribution is 8.03. The fourth-order valence-corrected chi connectivity index (χ4v) is 2.98. The van der Waals surface area contributed by atoms with E-state index in [2.05, 4.69) is 6.58 Å². The lowest BCUT2D eigenvalue weighted by atomic mass is 10.2. The van der Waals surface area contributed by atoms with Crippen LogP contribution in [0.5, 0.6) is 0 Å². The molecular formula is C15H23NO2S2. The maximum atomic E-state index is 12.5. The third-order valence-electron chi connectivity index (χ3n) is 2.53. The largest absolute Gasteiger partial charge is 0.444 e. The first-order valence-corrected chi connectivity index (χ1v) is 8.23. The molecule has 0 radical (unpaired) electrons. The molecule has 0 saturated carbocycles. The Morgan fingerprint density at radius 2 is 2.10 bits per heavy atom. The van der Waals surface area contributed by atoms with Crippen LogP contribution in [0.1, 0.15) is 39.5 Å². The van der Waals surface area contributed by atoms with Gasteiger partial charge in [-0.25, -0.2) is 4.79 Å². The molecule has 0 fully saturated rings. The molecule has 0 aromatic carbocycles. The van der Waals surface area contributed by atoms with Gasteiger partial charge in [0, 0.05) is 4.88 Å². The van der Waals surface area contributed by atoms with E-state index in [1.165, 1.54) is 11.8 Å². The van der Waals surface area contributed by atoms with Gasteiger partial charge in [-0.05, 0) is 51.5 Å². The molecule has 0 aliphatic heterocycles. The van der Waals surface area contributed by atoms with E-state index in [9.17, 15) is 4.79 Å². The second kappa shape index (κ2) is 6.68. The molecule has 1 heterocycles. The number of hydrogen-bond acceptors (Lipinski definition) is 4. The highest BCUT2D eigenvalue weighted by Gasteiger charge is 2.34. The minimum atomic E-state index is -0.500. The Morgan fingerprint density at radius 3 is 2.55 bits per heavy atom. The molecule has 1 rings (SSSR count). The van der Waals surface area contributed by atoms with Crippen LogP contribution in [0.3, 0.4) is 0 Å². The zero-order chi connectivity index (χ0) is 15.4. The minimum Gasteiger partial charge on any atom is -0.444 e. The molecule has 3 nitrogen and oxygen atoms in total. The van der Waals surface area contributed by atoms with Gasteiger partial charge in [0.05, 0.1) is 11.4 Å². The Bertz CT molecular complexity index is 447. The molecule has 0 unspecified atom stereocenters. The van der Waals surface area contributed by atoms with E-state index in [1.54, 1.807) is 21.6 Å². The van der Waals surface area contributed by atoms with E-state index in [0.29, 0.717) is 6.54 Å². The predicted molar refractivity (Wildman–Crippen MR) is 88.0 cm³/mol. The van der Waals surface area contributed by atoms with Crippen molar-refractivity contribution in [3.8, 4) is 0 Å². The number of hydrogen-bond donors (Lipinski definition) is 0. The summed E-state index contributed by atoms with van der Waals surface area (Å²) in [7, 11) is 0. The van der Waals surface area contributed by atoms with E-state index < -0.39 is 10.5 Å². The van der Waals surface area contributed by atoms with Crippen molar-refractivity contribution in [3.63, 3.8) is 0 Å². The summed E-state index contributed by atoms with van der Waals surface area (Å²) in [5.74, 6) is 0. The summed E-state index contributed by atoms with van der Waals surface area (Å²) in [6.45, 7) is 13.9. The summed E-state index contributed by atoms with van der Waals surface area (Å²) in [5, 5.41) is 3.77. The summed E-state index contributed by atoms with van der Waals surface area (Å²) in [4.78, 5) is 14.9. The van der Waals surface area contributed by atoms with Crippen molar-refractivity contribution in [3.05, 3.63) is 34.4 Å². The summed E-state index contributed by atoms with van der Waals surface area (Å²) in [6.07, 6.45) is -0.301. The van der Waals surface area contributed by atoms with Crippen molar-refractivity contribution in [2.75, 3.05) is 0 Å². The molecule has 1 aromatic heterocycles. The van der Waals surface area contributed by atoms with Gasteiger partial charge in [-0.15, -0.1) is 23.1 Å². The molecule has 1 aromatic rings. The lowest BCUT2D eigenvalue weighted by molar-refractivity contribution is 0.0139. The van der Waals surface area contributed by atoms with E-state index in [4.69, 9.17) is 4.74 Å². The summed E-state index contributed by atoms with van der Waals surface area (Å²) in [5.41, 5.74) is -0.500. The van der Waals surface area contributed by atoms with Gasteiger partial charge in [0.25, 0.3) is 0 Å². The van der Waals surface area contributed by atoms with Gasteiger partial charge in [-0.1, -0.05) is 12.6 Å². The highest BCUT2D eigenvalue weighted by Crippen LogP contribution is 2.32. The first-order valence-electron chi connectivity index (χ1n) is 6.47. The van der Waals surface area contributed by atoms with Crippen LogP contribution >= 0.6 is 23.1 Å². The van der Waals surface area contributed by atoms with Crippen LogP contribution in [-0.4, -0.2) is 21.5 Å². The molecule has 0 aliphatic rings. The van der Waals surface area contributed by atoms with E-state index >= 15 is 0 Å². The number of rotatable bonds is 5. The number of carbonyl (C=O) groups is 1. The Morgan fingerprint density at radius 1 is 1.45 bits per heavy atom. The Balaban J connectivity index is 2.94. The van der Waals surface area contributed by atoms with Gasteiger partial charge < -0.3 is 4.74 Å². The number of thioether (sulfide) groups is 1. The molecule has 0 atom stereocenters. The number of carbonyl (C=O) groups excluding carboxylic acids is 1. The highest BCUT2D eigenvalue weighted by atomic mass is 32.2. The lowest BCUT2D eigenvalue weighted by Crippen LogP contribution is -2.46. The molecule has 0 spiro atoms. The first kappa shape index (κ1) is 17.1. The van der Waals surface area contributed by atoms with E-state index in [0.717, 1.165) is 4.88 Å². The Hall–Kier alpha value is -0.940. The van der Waals surface area contributed by atoms with Crippen molar-refractivity contribution in [2.24, 2.45) is 0 Å². The average Bonchev–Trinajstić information content (AvgIpc) is 2.75. The molecule has 1 amide bonds. The van der Waals surface area contributed by atoms with Gasteiger partial charge >= 0.3 is 6.09 Å². The molecule has 20 heavy (non-hydrogen) atoms. The van der Waals surface area contributed by atoms with Crippen LogP contribution in [-0.2, 0) is 11.3 Å². The zero-order valence-corrected chi connectivity index (χ0v) is 14.4. The van der Waals surface area contributed by atoms with Crippen molar-refractivity contribution in [2.45, 2.75) is 51.6 Å². The van der Waals surface area contributed by atoms with Gasteiger partial charge in [-0.2, -0.15) is 0 Å². The summed E-state index contributed by atoms with van der Waals surface area (Å²) in [6, 6.07) is 4.01. The smallest absolute Gasteiger partial charge is 0.411 e.